The second kappa shape index (κ2) is 15.6. The van der Waals surface area contributed by atoms with Crippen molar-refractivity contribution in [3.63, 3.8) is 0 Å². The molecule has 19 heavy (non-hydrogen) atoms. The molecule has 0 atom stereocenters. The van der Waals surface area contributed by atoms with Gasteiger partial charge in [-0.1, -0.05) is 70.8 Å². The highest BCUT2D eigenvalue weighted by Gasteiger charge is 1.92. The van der Waals surface area contributed by atoms with E-state index in [2.05, 4.69) is 37.9 Å². The molecule has 0 aromatic rings. The zero-order chi connectivity index (χ0) is 14.2. The third-order valence-corrected chi connectivity index (χ3v) is 3.85. The van der Waals surface area contributed by atoms with Crippen LogP contribution >= 0.6 is 0 Å². The average Bonchev–Trinajstić information content (AvgIpc) is 2.44. The van der Waals surface area contributed by atoms with Gasteiger partial charge in [0, 0.05) is 13.1 Å². The fourth-order valence-electron chi connectivity index (χ4n) is 2.41. The summed E-state index contributed by atoms with van der Waals surface area (Å²) >= 11 is 0. The lowest BCUT2D eigenvalue weighted by Crippen LogP contribution is -2.14. The lowest BCUT2D eigenvalue weighted by molar-refractivity contribution is 0.417. The molecule has 0 saturated carbocycles. The van der Waals surface area contributed by atoms with Crippen LogP contribution in [0.4, 0.5) is 0 Å². The molecule has 114 valence electrons. The van der Waals surface area contributed by atoms with E-state index in [9.17, 15) is 0 Å². The Balaban J connectivity index is 3.14. The largest absolute Gasteiger partial charge is 0.378 e. The number of hydrogen-bond donors (Lipinski definition) is 0. The summed E-state index contributed by atoms with van der Waals surface area (Å²) in [4.78, 5) is 2.36. The zero-order valence-corrected chi connectivity index (χ0v) is 13.8. The summed E-state index contributed by atoms with van der Waals surface area (Å²) < 4.78 is 0. The van der Waals surface area contributed by atoms with Crippen LogP contribution in [0.3, 0.4) is 0 Å². The third-order valence-electron chi connectivity index (χ3n) is 3.85. The van der Waals surface area contributed by atoms with Gasteiger partial charge in [-0.05, 0) is 32.9 Å². The molecule has 0 spiro atoms. The van der Waals surface area contributed by atoms with E-state index in [1.807, 2.05) is 0 Å². The second-order valence-corrected chi connectivity index (χ2v) is 5.58. The third kappa shape index (κ3) is 13.8. The van der Waals surface area contributed by atoms with Gasteiger partial charge in [0.2, 0.25) is 0 Å². The SMILES string of the molecule is CCCCCCCCCCCC/C=C/N(CC)CC. The molecule has 0 fully saturated rings. The molecule has 0 aliphatic heterocycles. The van der Waals surface area contributed by atoms with Gasteiger partial charge in [-0.3, -0.25) is 0 Å². The van der Waals surface area contributed by atoms with Gasteiger partial charge < -0.3 is 4.90 Å². The molecule has 0 aromatic heterocycles. The Bertz CT molecular complexity index is 182. The fraction of sp³-hybridized carbons (Fsp3) is 0.889. The maximum absolute atomic E-state index is 2.36. The number of nitrogens with zero attached hydrogens (tertiary/aromatic N) is 1. The standard InChI is InChI=1S/C18H37N/c1-4-7-8-9-10-11-12-13-14-15-16-17-18-19(5-2)6-3/h17-18H,4-16H2,1-3H3/b18-17+. The molecule has 0 saturated heterocycles. The Morgan fingerprint density at radius 2 is 1.11 bits per heavy atom. The number of allylic oxidation sites excluding steroid dienone is 1. The van der Waals surface area contributed by atoms with E-state index in [1.165, 1.54) is 70.6 Å². The first-order valence-electron chi connectivity index (χ1n) is 8.75. The van der Waals surface area contributed by atoms with Crippen LogP contribution in [0.5, 0.6) is 0 Å². The summed E-state index contributed by atoms with van der Waals surface area (Å²) in [7, 11) is 0. The van der Waals surface area contributed by atoms with E-state index in [0.29, 0.717) is 0 Å². The lowest BCUT2D eigenvalue weighted by atomic mass is 10.1. The molecular weight excluding hydrogens is 230 g/mol. The van der Waals surface area contributed by atoms with Crippen LogP contribution in [-0.2, 0) is 0 Å². The molecule has 1 nitrogen and oxygen atoms in total. The van der Waals surface area contributed by atoms with Crippen molar-refractivity contribution in [1.82, 2.24) is 4.90 Å². The predicted octanol–water partition coefficient (Wildman–Crippen LogP) is 6.15. The van der Waals surface area contributed by atoms with Crippen LogP contribution in [0.1, 0.15) is 91.4 Å². The molecular formula is C18H37N. The molecule has 0 N–H and O–H groups in total. The molecule has 0 rings (SSSR count). The van der Waals surface area contributed by atoms with E-state index >= 15 is 0 Å². The molecule has 0 amide bonds. The predicted molar refractivity (Wildman–Crippen MR) is 88.5 cm³/mol. The van der Waals surface area contributed by atoms with Crippen molar-refractivity contribution in [1.29, 1.82) is 0 Å². The Morgan fingerprint density at radius 3 is 1.58 bits per heavy atom. The lowest BCUT2D eigenvalue weighted by Gasteiger charge is -2.14. The molecule has 0 unspecified atom stereocenters. The van der Waals surface area contributed by atoms with Gasteiger partial charge in [-0.15, -0.1) is 0 Å². The monoisotopic (exact) mass is 267 g/mol. The molecule has 0 aliphatic carbocycles. The van der Waals surface area contributed by atoms with Gasteiger partial charge >= 0.3 is 0 Å². The summed E-state index contributed by atoms with van der Waals surface area (Å²) in [6.45, 7) is 8.98. The number of hydrogen-bond acceptors (Lipinski definition) is 1. The van der Waals surface area contributed by atoms with Crippen LogP contribution in [0.2, 0.25) is 0 Å². The summed E-state index contributed by atoms with van der Waals surface area (Å²) in [5.41, 5.74) is 0. The minimum absolute atomic E-state index is 1.13. The smallest absolute Gasteiger partial charge is 0.0143 e. The zero-order valence-electron chi connectivity index (χ0n) is 13.8. The van der Waals surface area contributed by atoms with E-state index in [4.69, 9.17) is 0 Å². The Kier molecular flexibility index (Phi) is 15.2. The van der Waals surface area contributed by atoms with Gasteiger partial charge in [-0.2, -0.15) is 0 Å². The minimum Gasteiger partial charge on any atom is -0.378 e. The molecule has 0 aliphatic rings. The van der Waals surface area contributed by atoms with Crippen LogP contribution in [0, 0.1) is 0 Å². The summed E-state index contributed by atoms with van der Waals surface area (Å²) in [5, 5.41) is 0. The highest BCUT2D eigenvalue weighted by molar-refractivity contribution is 4.81. The van der Waals surface area contributed by atoms with E-state index < -0.39 is 0 Å². The van der Waals surface area contributed by atoms with Crippen LogP contribution in [-0.4, -0.2) is 18.0 Å². The normalized spacial score (nSPS) is 11.3. The van der Waals surface area contributed by atoms with Crippen molar-refractivity contribution >= 4 is 0 Å². The fourth-order valence-corrected chi connectivity index (χ4v) is 2.41. The van der Waals surface area contributed by atoms with Crippen LogP contribution in [0.25, 0.3) is 0 Å². The van der Waals surface area contributed by atoms with E-state index in [0.717, 1.165) is 13.1 Å². The van der Waals surface area contributed by atoms with Crippen molar-refractivity contribution < 1.29 is 0 Å². The second-order valence-electron chi connectivity index (χ2n) is 5.58. The Labute approximate surface area is 122 Å². The maximum atomic E-state index is 2.36. The van der Waals surface area contributed by atoms with Crippen LogP contribution in [0.15, 0.2) is 12.3 Å². The van der Waals surface area contributed by atoms with Crippen molar-refractivity contribution in [2.24, 2.45) is 0 Å². The van der Waals surface area contributed by atoms with Crippen molar-refractivity contribution in [2.75, 3.05) is 13.1 Å². The summed E-state index contributed by atoms with van der Waals surface area (Å²) in [6.07, 6.45) is 20.2. The average molecular weight is 268 g/mol. The highest BCUT2D eigenvalue weighted by Crippen LogP contribution is 2.11. The highest BCUT2D eigenvalue weighted by atomic mass is 15.1. The van der Waals surface area contributed by atoms with E-state index in [1.54, 1.807) is 0 Å². The molecule has 0 aromatic carbocycles. The van der Waals surface area contributed by atoms with Gasteiger partial charge in [0.1, 0.15) is 0 Å². The summed E-state index contributed by atoms with van der Waals surface area (Å²) in [6, 6.07) is 0. The van der Waals surface area contributed by atoms with Gasteiger partial charge in [-0.25, -0.2) is 0 Å². The Hall–Kier alpha value is -0.460. The van der Waals surface area contributed by atoms with Gasteiger partial charge in [0.15, 0.2) is 0 Å². The Morgan fingerprint density at radius 1 is 0.632 bits per heavy atom. The first-order chi connectivity index (χ1) is 9.35. The first kappa shape index (κ1) is 18.5. The van der Waals surface area contributed by atoms with Crippen molar-refractivity contribution in [2.45, 2.75) is 91.4 Å². The van der Waals surface area contributed by atoms with Crippen molar-refractivity contribution in [3.05, 3.63) is 12.3 Å². The molecule has 1 heteroatoms. The number of rotatable bonds is 14. The quantitative estimate of drug-likeness (QED) is 0.341. The maximum Gasteiger partial charge on any atom is 0.0143 e. The van der Waals surface area contributed by atoms with E-state index in [-0.39, 0.29) is 0 Å². The molecule has 0 heterocycles. The van der Waals surface area contributed by atoms with Crippen LogP contribution < -0.4 is 0 Å². The van der Waals surface area contributed by atoms with Gasteiger partial charge in [0.05, 0.1) is 0 Å². The van der Waals surface area contributed by atoms with Gasteiger partial charge in [0.25, 0.3) is 0 Å². The van der Waals surface area contributed by atoms with Crippen molar-refractivity contribution in [3.8, 4) is 0 Å². The first-order valence-corrected chi connectivity index (χ1v) is 8.75. The number of unbranched alkanes of at least 4 members (excludes halogenated alkanes) is 10. The molecule has 0 radical (unpaired) electrons. The summed E-state index contributed by atoms with van der Waals surface area (Å²) in [5.74, 6) is 0. The minimum atomic E-state index is 1.13. The topological polar surface area (TPSA) is 3.24 Å². The molecule has 0 bridgehead atoms.